The minimum atomic E-state index is -0.209. The molecule has 0 saturated heterocycles. The van der Waals surface area contributed by atoms with E-state index in [9.17, 15) is 4.79 Å². The summed E-state index contributed by atoms with van der Waals surface area (Å²) in [4.78, 5) is 14.2. The van der Waals surface area contributed by atoms with Crippen LogP contribution in [0.2, 0.25) is 0 Å². The van der Waals surface area contributed by atoms with Gasteiger partial charge in [-0.05, 0) is 38.5 Å². The first kappa shape index (κ1) is 16.2. The van der Waals surface area contributed by atoms with Crippen LogP contribution in [0, 0.1) is 18.8 Å². The van der Waals surface area contributed by atoms with Gasteiger partial charge in [-0.25, -0.2) is 0 Å². The summed E-state index contributed by atoms with van der Waals surface area (Å²) < 4.78 is 0. The van der Waals surface area contributed by atoms with Crippen LogP contribution in [-0.2, 0) is 0 Å². The van der Waals surface area contributed by atoms with Gasteiger partial charge < -0.3 is 15.1 Å². The van der Waals surface area contributed by atoms with Gasteiger partial charge in [0.25, 0.3) is 5.91 Å². The lowest BCUT2D eigenvalue weighted by molar-refractivity contribution is 0.0664. The zero-order chi connectivity index (χ0) is 15.1. The monoisotopic (exact) mass is 275 g/mol. The Labute approximate surface area is 120 Å². The van der Waals surface area contributed by atoms with E-state index in [0.717, 1.165) is 5.56 Å². The van der Waals surface area contributed by atoms with Crippen molar-refractivity contribution in [2.75, 3.05) is 19.8 Å². The summed E-state index contributed by atoms with van der Waals surface area (Å²) in [5.41, 5.74) is 2.14. The Morgan fingerprint density at radius 3 is 2.60 bits per heavy atom. The van der Waals surface area contributed by atoms with E-state index < -0.39 is 0 Å². The predicted octanol–water partition coefficient (Wildman–Crippen LogP) is 1.18. The molecule has 2 N–H and O–H groups in total. The highest BCUT2D eigenvalue weighted by atomic mass is 16.3. The van der Waals surface area contributed by atoms with E-state index in [1.165, 1.54) is 0 Å². The number of carbonyl (C=O) groups is 1. The van der Waals surface area contributed by atoms with Crippen LogP contribution in [0.5, 0.6) is 0 Å². The second-order valence-corrected chi connectivity index (χ2v) is 4.81. The van der Waals surface area contributed by atoms with Gasteiger partial charge in [0.1, 0.15) is 6.61 Å². The van der Waals surface area contributed by atoms with Crippen LogP contribution in [0.1, 0.15) is 35.3 Å². The summed E-state index contributed by atoms with van der Waals surface area (Å²) in [5.74, 6) is 5.25. The molecule has 0 aliphatic rings. The summed E-state index contributed by atoms with van der Waals surface area (Å²) in [7, 11) is 0. The number of aryl methyl sites for hydroxylation is 1. The van der Waals surface area contributed by atoms with Gasteiger partial charge >= 0.3 is 0 Å². The number of rotatable bonds is 4. The van der Waals surface area contributed by atoms with Crippen molar-refractivity contribution in [3.05, 3.63) is 34.9 Å². The maximum Gasteiger partial charge on any atom is 0.254 e. The standard InChI is InChI=1S/C16H21NO3/c1-12(2)17(8-10-19)16(20)15-11-14(5-4-9-18)7-6-13(15)3/h6-7,11-12,18-19H,8-10H2,1-3H3. The van der Waals surface area contributed by atoms with Crippen LogP contribution < -0.4 is 0 Å². The molecular weight excluding hydrogens is 254 g/mol. The quantitative estimate of drug-likeness (QED) is 0.811. The molecule has 0 spiro atoms. The molecule has 0 atom stereocenters. The topological polar surface area (TPSA) is 60.8 Å². The number of amides is 1. The molecule has 108 valence electrons. The highest BCUT2D eigenvalue weighted by Crippen LogP contribution is 2.15. The second kappa shape index (κ2) is 7.68. The molecule has 0 saturated carbocycles. The van der Waals surface area contributed by atoms with Crippen molar-refractivity contribution in [1.82, 2.24) is 4.90 Å². The molecule has 1 rings (SSSR count). The van der Waals surface area contributed by atoms with Crippen LogP contribution in [0.15, 0.2) is 18.2 Å². The Morgan fingerprint density at radius 2 is 2.05 bits per heavy atom. The predicted molar refractivity (Wildman–Crippen MR) is 78.4 cm³/mol. The number of benzene rings is 1. The zero-order valence-corrected chi connectivity index (χ0v) is 12.2. The van der Waals surface area contributed by atoms with Crippen LogP contribution in [0.4, 0.5) is 0 Å². The van der Waals surface area contributed by atoms with Crippen LogP contribution in [0.3, 0.4) is 0 Å². The number of carbonyl (C=O) groups excluding carboxylic acids is 1. The van der Waals surface area contributed by atoms with E-state index >= 15 is 0 Å². The fourth-order valence-corrected chi connectivity index (χ4v) is 1.93. The first-order valence-corrected chi connectivity index (χ1v) is 6.63. The third kappa shape index (κ3) is 4.09. The molecule has 1 aromatic rings. The number of aliphatic hydroxyl groups excluding tert-OH is 2. The zero-order valence-electron chi connectivity index (χ0n) is 12.2. The van der Waals surface area contributed by atoms with Crippen LogP contribution >= 0.6 is 0 Å². The summed E-state index contributed by atoms with van der Waals surface area (Å²) in [6.07, 6.45) is 0. The Hall–Kier alpha value is -1.83. The maximum atomic E-state index is 12.5. The molecule has 4 heteroatoms. The van der Waals surface area contributed by atoms with Crippen molar-refractivity contribution in [2.45, 2.75) is 26.8 Å². The van der Waals surface area contributed by atoms with Crippen LogP contribution in [0.25, 0.3) is 0 Å². The van der Waals surface area contributed by atoms with Gasteiger partial charge in [-0.3, -0.25) is 4.79 Å². The van der Waals surface area contributed by atoms with Crippen molar-refractivity contribution < 1.29 is 15.0 Å². The molecule has 0 aliphatic heterocycles. The fraction of sp³-hybridized carbons (Fsp3) is 0.438. The van der Waals surface area contributed by atoms with E-state index in [-0.39, 0.29) is 25.2 Å². The molecule has 0 aromatic heterocycles. The lowest BCUT2D eigenvalue weighted by atomic mass is 10.0. The third-order valence-electron chi connectivity index (χ3n) is 3.00. The molecule has 20 heavy (non-hydrogen) atoms. The van der Waals surface area contributed by atoms with Gasteiger partial charge in [-0.2, -0.15) is 0 Å². The summed E-state index contributed by atoms with van der Waals surface area (Å²) in [6, 6.07) is 5.40. The molecule has 0 aliphatic carbocycles. The van der Waals surface area contributed by atoms with E-state index in [2.05, 4.69) is 11.8 Å². The Bertz CT molecular complexity index is 526. The molecule has 1 aromatic carbocycles. The Morgan fingerprint density at radius 1 is 1.35 bits per heavy atom. The largest absolute Gasteiger partial charge is 0.395 e. The van der Waals surface area contributed by atoms with Crippen LogP contribution in [-0.4, -0.2) is 46.8 Å². The number of hydrogen-bond donors (Lipinski definition) is 2. The maximum absolute atomic E-state index is 12.5. The van der Waals surface area contributed by atoms with E-state index in [1.54, 1.807) is 11.0 Å². The summed E-state index contributed by atoms with van der Waals surface area (Å²) >= 11 is 0. The van der Waals surface area contributed by atoms with E-state index in [4.69, 9.17) is 10.2 Å². The van der Waals surface area contributed by atoms with E-state index in [1.807, 2.05) is 32.9 Å². The van der Waals surface area contributed by atoms with E-state index in [0.29, 0.717) is 17.7 Å². The average Bonchev–Trinajstić information content (AvgIpc) is 2.42. The average molecular weight is 275 g/mol. The van der Waals surface area contributed by atoms with Gasteiger partial charge in [-0.1, -0.05) is 17.9 Å². The molecule has 4 nitrogen and oxygen atoms in total. The molecule has 0 radical (unpaired) electrons. The lowest BCUT2D eigenvalue weighted by Crippen LogP contribution is -2.39. The van der Waals surface area contributed by atoms with Crippen molar-refractivity contribution >= 4 is 5.91 Å². The number of aliphatic hydroxyl groups is 2. The van der Waals surface area contributed by atoms with Crippen molar-refractivity contribution in [3.63, 3.8) is 0 Å². The van der Waals surface area contributed by atoms with Gasteiger partial charge in [0.15, 0.2) is 0 Å². The van der Waals surface area contributed by atoms with Gasteiger partial charge in [0, 0.05) is 23.7 Å². The molecule has 0 bridgehead atoms. The normalized spacial score (nSPS) is 10.1. The highest BCUT2D eigenvalue weighted by Gasteiger charge is 2.19. The highest BCUT2D eigenvalue weighted by molar-refractivity contribution is 5.96. The third-order valence-corrected chi connectivity index (χ3v) is 3.00. The van der Waals surface area contributed by atoms with Gasteiger partial charge in [0.2, 0.25) is 0 Å². The minimum Gasteiger partial charge on any atom is -0.395 e. The molecule has 1 amide bonds. The van der Waals surface area contributed by atoms with Crippen molar-refractivity contribution in [2.24, 2.45) is 0 Å². The molecule has 0 unspecified atom stereocenters. The number of hydrogen-bond acceptors (Lipinski definition) is 3. The van der Waals surface area contributed by atoms with Crippen molar-refractivity contribution in [3.8, 4) is 11.8 Å². The Kier molecular flexibility index (Phi) is 6.23. The lowest BCUT2D eigenvalue weighted by Gasteiger charge is -2.26. The first-order chi connectivity index (χ1) is 9.51. The summed E-state index contributed by atoms with van der Waals surface area (Å²) in [5, 5.41) is 17.8. The smallest absolute Gasteiger partial charge is 0.254 e. The first-order valence-electron chi connectivity index (χ1n) is 6.63. The second-order valence-electron chi connectivity index (χ2n) is 4.81. The summed E-state index contributed by atoms with van der Waals surface area (Å²) in [6.45, 7) is 5.74. The minimum absolute atomic E-state index is 0.0150. The Balaban J connectivity index is 3.13. The van der Waals surface area contributed by atoms with Crippen molar-refractivity contribution in [1.29, 1.82) is 0 Å². The van der Waals surface area contributed by atoms with Gasteiger partial charge in [-0.15, -0.1) is 0 Å². The molecule has 0 heterocycles. The SMILES string of the molecule is Cc1ccc(C#CCO)cc1C(=O)N(CCO)C(C)C. The fourth-order valence-electron chi connectivity index (χ4n) is 1.93. The number of nitrogens with zero attached hydrogens (tertiary/aromatic N) is 1. The van der Waals surface area contributed by atoms with Gasteiger partial charge in [0.05, 0.1) is 6.61 Å². The molecular formula is C16H21NO3. The molecule has 0 fully saturated rings.